The molecular weight excluding hydrogens is 382 g/mol. The fourth-order valence-corrected chi connectivity index (χ4v) is 6.12. The van der Waals surface area contributed by atoms with Gasteiger partial charge in [-0.3, -0.25) is 9.36 Å². The van der Waals surface area contributed by atoms with Crippen LogP contribution < -0.4 is 10.5 Å². The van der Waals surface area contributed by atoms with E-state index in [2.05, 4.69) is 6.58 Å². The summed E-state index contributed by atoms with van der Waals surface area (Å²) in [5.74, 6) is 0.532. The Labute approximate surface area is 166 Å². The summed E-state index contributed by atoms with van der Waals surface area (Å²) in [4.78, 5) is 21.4. The van der Waals surface area contributed by atoms with E-state index in [1.807, 2.05) is 0 Å². The summed E-state index contributed by atoms with van der Waals surface area (Å²) >= 11 is 3.13. The number of aliphatic hydroxyl groups is 1. The molecule has 1 saturated heterocycles. The van der Waals surface area contributed by atoms with E-state index in [-0.39, 0.29) is 5.56 Å². The smallest absolute Gasteiger partial charge is 0.263 e. The van der Waals surface area contributed by atoms with Crippen LogP contribution in [0.3, 0.4) is 0 Å². The lowest BCUT2D eigenvalue weighted by Gasteiger charge is -2.25. The Hall–Kier alpha value is -1.19. The minimum Gasteiger partial charge on any atom is -0.386 e. The number of thiophene rings is 1. The molecule has 0 aromatic carbocycles. The number of aryl methyl sites for hydroxylation is 2. The second-order valence-corrected chi connectivity index (χ2v) is 9.24. The molecule has 146 valence electrons. The second-order valence-electron chi connectivity index (χ2n) is 7.17. The minimum atomic E-state index is -0.429. The van der Waals surface area contributed by atoms with E-state index in [0.29, 0.717) is 24.0 Å². The van der Waals surface area contributed by atoms with Crippen LogP contribution in [0, 0.1) is 0 Å². The van der Waals surface area contributed by atoms with Crippen molar-refractivity contribution in [3.05, 3.63) is 33.4 Å². The van der Waals surface area contributed by atoms with Gasteiger partial charge in [0.05, 0.1) is 18.6 Å². The number of morpholine rings is 1. The monoisotopic (exact) mass is 408 g/mol. The topological polar surface area (TPSA) is 68.8 Å². The lowest BCUT2D eigenvalue weighted by Crippen LogP contribution is -3.15. The van der Waals surface area contributed by atoms with Crippen molar-refractivity contribution in [3.63, 3.8) is 0 Å². The van der Waals surface area contributed by atoms with Gasteiger partial charge in [0.15, 0.2) is 5.16 Å². The number of thioether (sulfide) groups is 1. The maximum absolute atomic E-state index is 13.1. The number of fused-ring (bicyclic) bond motifs is 3. The number of allylic oxidation sites excluding steroid dienone is 1. The van der Waals surface area contributed by atoms with Crippen LogP contribution in [0.4, 0.5) is 0 Å². The molecule has 0 unspecified atom stereocenters. The first-order valence-electron chi connectivity index (χ1n) is 9.55. The zero-order valence-corrected chi connectivity index (χ0v) is 17.0. The number of aliphatic hydroxyl groups excluding tert-OH is 1. The first-order chi connectivity index (χ1) is 13.2. The number of rotatable bonds is 7. The highest BCUT2D eigenvalue weighted by atomic mass is 32.2. The van der Waals surface area contributed by atoms with Gasteiger partial charge in [-0.25, -0.2) is 4.98 Å². The quantitative estimate of drug-likeness (QED) is 0.397. The van der Waals surface area contributed by atoms with Gasteiger partial charge in [-0.2, -0.15) is 0 Å². The van der Waals surface area contributed by atoms with E-state index < -0.39 is 6.10 Å². The van der Waals surface area contributed by atoms with E-state index in [1.54, 1.807) is 22.0 Å². The lowest BCUT2D eigenvalue weighted by atomic mass is 10.2. The first kappa shape index (κ1) is 19.1. The summed E-state index contributed by atoms with van der Waals surface area (Å²) < 4.78 is 7.08. The largest absolute Gasteiger partial charge is 0.386 e. The average molecular weight is 409 g/mol. The third-order valence-corrected chi connectivity index (χ3v) is 7.54. The molecule has 4 rings (SSSR count). The van der Waals surface area contributed by atoms with Crippen molar-refractivity contribution in [2.24, 2.45) is 0 Å². The first-order valence-corrected chi connectivity index (χ1v) is 11.4. The molecule has 6 nitrogen and oxygen atoms in total. The molecule has 2 aromatic rings. The predicted molar refractivity (Wildman–Crippen MR) is 109 cm³/mol. The van der Waals surface area contributed by atoms with Crippen molar-refractivity contribution in [1.82, 2.24) is 9.55 Å². The highest BCUT2D eigenvalue weighted by Gasteiger charge is 2.24. The van der Waals surface area contributed by atoms with Gasteiger partial charge < -0.3 is 14.7 Å². The summed E-state index contributed by atoms with van der Waals surface area (Å²) in [5.41, 5.74) is 1.24. The summed E-state index contributed by atoms with van der Waals surface area (Å²) in [6, 6.07) is 0. The molecule has 3 heterocycles. The molecule has 0 radical (unpaired) electrons. The Kier molecular flexibility index (Phi) is 5.99. The minimum absolute atomic E-state index is 0.0371. The fourth-order valence-electron chi connectivity index (χ4n) is 3.89. The van der Waals surface area contributed by atoms with E-state index in [1.165, 1.54) is 27.1 Å². The highest BCUT2D eigenvalue weighted by Crippen LogP contribution is 2.35. The molecule has 27 heavy (non-hydrogen) atoms. The summed E-state index contributed by atoms with van der Waals surface area (Å²) in [6.07, 6.45) is 4.47. The molecule has 1 fully saturated rings. The fraction of sp³-hybridized carbons (Fsp3) is 0.579. The molecule has 0 saturated carbocycles. The van der Waals surface area contributed by atoms with Crippen molar-refractivity contribution in [2.45, 2.75) is 37.1 Å². The van der Waals surface area contributed by atoms with E-state index in [9.17, 15) is 9.90 Å². The number of nitrogens with one attached hydrogen (secondary N) is 1. The van der Waals surface area contributed by atoms with Crippen LogP contribution in [0.1, 0.15) is 16.9 Å². The van der Waals surface area contributed by atoms with Gasteiger partial charge in [-0.05, 0) is 24.8 Å². The molecule has 2 aliphatic rings. The Bertz CT molecular complexity index is 886. The molecular formula is C19H26N3O3S2+. The van der Waals surface area contributed by atoms with Crippen molar-refractivity contribution in [2.75, 3.05) is 38.6 Å². The maximum atomic E-state index is 13.1. The van der Waals surface area contributed by atoms with Crippen LogP contribution >= 0.6 is 23.1 Å². The lowest BCUT2D eigenvalue weighted by molar-refractivity contribution is -0.910. The normalized spacial score (nSPS) is 18.7. The predicted octanol–water partition coefficient (Wildman–Crippen LogP) is 0.501. The number of hydrogen-bond acceptors (Lipinski definition) is 6. The number of hydrogen-bond donors (Lipinski definition) is 2. The van der Waals surface area contributed by atoms with Crippen molar-refractivity contribution < 1.29 is 14.7 Å². The maximum Gasteiger partial charge on any atom is 0.263 e. The van der Waals surface area contributed by atoms with Crippen LogP contribution in [0.25, 0.3) is 10.2 Å². The Morgan fingerprint density at radius 2 is 2.22 bits per heavy atom. The van der Waals surface area contributed by atoms with Crippen molar-refractivity contribution in [1.29, 1.82) is 0 Å². The third kappa shape index (κ3) is 4.00. The van der Waals surface area contributed by atoms with Crippen molar-refractivity contribution >= 4 is 33.3 Å². The Morgan fingerprint density at radius 3 is 3.00 bits per heavy atom. The third-order valence-electron chi connectivity index (χ3n) is 5.23. The van der Waals surface area contributed by atoms with Crippen LogP contribution in [-0.4, -0.2) is 59.4 Å². The van der Waals surface area contributed by atoms with Gasteiger partial charge >= 0.3 is 0 Å². The Balaban J connectivity index is 1.54. The molecule has 1 aliphatic heterocycles. The zero-order valence-electron chi connectivity index (χ0n) is 15.4. The van der Waals surface area contributed by atoms with E-state index in [4.69, 9.17) is 9.72 Å². The van der Waals surface area contributed by atoms with Crippen molar-refractivity contribution in [3.8, 4) is 0 Å². The molecule has 0 amide bonds. The number of aromatic nitrogens is 2. The van der Waals surface area contributed by atoms with E-state index in [0.717, 1.165) is 55.8 Å². The molecule has 1 aliphatic carbocycles. The van der Waals surface area contributed by atoms with Crippen LogP contribution in [0.15, 0.2) is 22.6 Å². The molecule has 0 bridgehead atoms. The number of nitrogens with zero attached hydrogens (tertiary/aromatic N) is 2. The van der Waals surface area contributed by atoms with Crippen LogP contribution in [-0.2, 0) is 24.1 Å². The average Bonchev–Trinajstić information content (AvgIpc) is 3.24. The summed E-state index contributed by atoms with van der Waals surface area (Å²) in [6.45, 7) is 8.34. The SMILES string of the molecule is C=CCn1c(SC[C@H](O)C[NH+]2CCOCC2)nc2sc3c(c2c1=O)CCC3. The zero-order chi connectivity index (χ0) is 18.8. The number of ether oxygens (including phenoxy) is 1. The summed E-state index contributed by atoms with van der Waals surface area (Å²) in [7, 11) is 0. The highest BCUT2D eigenvalue weighted by molar-refractivity contribution is 7.99. The molecule has 0 spiro atoms. The van der Waals surface area contributed by atoms with Gasteiger partial charge in [0, 0.05) is 17.2 Å². The van der Waals surface area contributed by atoms with E-state index >= 15 is 0 Å². The van der Waals surface area contributed by atoms with Gasteiger partial charge in [-0.1, -0.05) is 17.8 Å². The number of quaternary nitrogens is 1. The van der Waals surface area contributed by atoms with Gasteiger partial charge in [0.25, 0.3) is 5.56 Å². The van der Waals surface area contributed by atoms with Gasteiger partial charge in [-0.15, -0.1) is 17.9 Å². The second kappa shape index (κ2) is 8.45. The summed E-state index contributed by atoms with van der Waals surface area (Å²) in [5, 5.41) is 11.9. The molecule has 2 aromatic heterocycles. The molecule has 1 atom stereocenters. The standard InChI is InChI=1S/C19H25N3O3S2/c1-2-6-22-18(24)16-14-4-3-5-15(14)27-17(16)20-19(22)26-12-13(23)11-21-7-9-25-10-8-21/h2,13,23H,1,3-12H2/p+1/t13-/m1/s1. The molecule has 2 N–H and O–H groups in total. The van der Waals surface area contributed by atoms with Gasteiger partial charge in [0.1, 0.15) is 30.6 Å². The Morgan fingerprint density at radius 1 is 1.41 bits per heavy atom. The van der Waals surface area contributed by atoms with Crippen LogP contribution in [0.5, 0.6) is 0 Å². The molecule has 8 heteroatoms. The van der Waals surface area contributed by atoms with Crippen LogP contribution in [0.2, 0.25) is 0 Å². The van der Waals surface area contributed by atoms with Gasteiger partial charge in [0.2, 0.25) is 0 Å².